The first-order valence-electron chi connectivity index (χ1n) is 3.69. The highest BCUT2D eigenvalue weighted by Crippen LogP contribution is 2.24. The van der Waals surface area contributed by atoms with E-state index in [-0.39, 0.29) is 16.3 Å². The predicted octanol–water partition coefficient (Wildman–Crippen LogP) is 2.53. The van der Waals surface area contributed by atoms with E-state index < -0.39 is 4.92 Å². The van der Waals surface area contributed by atoms with Gasteiger partial charge in [0, 0.05) is 6.07 Å². The maximum atomic E-state index is 10.6. The van der Waals surface area contributed by atoms with Crippen molar-refractivity contribution in [1.82, 2.24) is 0 Å². The predicted molar refractivity (Wildman–Crippen MR) is 58.8 cm³/mol. The molecule has 0 radical (unpaired) electrons. The molecule has 0 atom stereocenters. The molecule has 0 bridgehead atoms. The highest BCUT2D eigenvalue weighted by molar-refractivity contribution is 7.80. The van der Waals surface area contributed by atoms with E-state index in [2.05, 4.69) is 24.5 Å². The normalized spacial score (nSPS) is 9.00. The lowest BCUT2D eigenvalue weighted by Crippen LogP contribution is -1.92. The monoisotopic (exact) mass is 227 g/mol. The van der Waals surface area contributed by atoms with Gasteiger partial charge in [0.15, 0.2) is 0 Å². The summed E-state index contributed by atoms with van der Waals surface area (Å²) in [5, 5.41) is 10.9. The molecule has 0 aliphatic rings. The number of rotatable bonds is 1. The summed E-state index contributed by atoms with van der Waals surface area (Å²) in [7, 11) is 0. The van der Waals surface area contributed by atoms with Crippen LogP contribution in [0, 0.1) is 22.0 Å². The van der Waals surface area contributed by atoms with Crippen molar-refractivity contribution in [3.05, 3.63) is 38.9 Å². The highest BCUT2D eigenvalue weighted by Gasteiger charge is 2.13. The second kappa shape index (κ2) is 4.89. The molecule has 1 rings (SSSR count). The Labute approximate surface area is 91.6 Å². The molecule has 1 aromatic carbocycles. The summed E-state index contributed by atoms with van der Waals surface area (Å²) < 4.78 is 0. The maximum Gasteiger partial charge on any atom is 0.286 e. The fraction of sp³-hybridized carbons (Fsp3) is 0.111. The van der Waals surface area contributed by atoms with Crippen LogP contribution in [0.25, 0.3) is 0 Å². The fourth-order valence-corrected chi connectivity index (χ4v) is 1.21. The number of halogens is 1. The summed E-state index contributed by atoms with van der Waals surface area (Å²) in [4.78, 5) is 10.1. The molecule has 72 valence electrons. The topological polar surface area (TPSA) is 43.1 Å². The lowest BCUT2D eigenvalue weighted by atomic mass is 10.2. The van der Waals surface area contributed by atoms with Crippen molar-refractivity contribution in [3.63, 3.8) is 0 Å². The zero-order chi connectivity index (χ0) is 10.6. The number of nitro benzene ring substituents is 1. The Morgan fingerprint density at radius 2 is 2.29 bits per heavy atom. The van der Waals surface area contributed by atoms with Gasteiger partial charge in [-0.25, -0.2) is 0 Å². The van der Waals surface area contributed by atoms with Gasteiger partial charge in [0.1, 0.15) is 5.56 Å². The molecule has 0 aromatic heterocycles. The third-order valence-electron chi connectivity index (χ3n) is 1.48. The van der Waals surface area contributed by atoms with E-state index in [0.717, 1.165) is 0 Å². The molecule has 0 unspecified atom stereocenters. The first-order valence-corrected chi connectivity index (χ1v) is 4.70. The minimum Gasteiger partial charge on any atom is -0.258 e. The van der Waals surface area contributed by atoms with Crippen molar-refractivity contribution in [3.8, 4) is 11.8 Å². The van der Waals surface area contributed by atoms with Crippen molar-refractivity contribution < 1.29 is 4.92 Å². The molecule has 0 saturated carbocycles. The zero-order valence-corrected chi connectivity index (χ0v) is 8.68. The summed E-state index contributed by atoms with van der Waals surface area (Å²) in [6, 6.07) is 4.46. The van der Waals surface area contributed by atoms with Gasteiger partial charge < -0.3 is 0 Å². The quantitative estimate of drug-likeness (QED) is 0.347. The number of benzene rings is 1. The van der Waals surface area contributed by atoms with Crippen LogP contribution >= 0.6 is 24.2 Å². The average molecular weight is 228 g/mol. The van der Waals surface area contributed by atoms with Gasteiger partial charge in [0.25, 0.3) is 5.69 Å². The van der Waals surface area contributed by atoms with Crippen LogP contribution in [0.3, 0.4) is 0 Å². The van der Waals surface area contributed by atoms with Crippen molar-refractivity contribution in [2.45, 2.75) is 0 Å². The molecule has 0 aliphatic heterocycles. The third kappa shape index (κ3) is 2.41. The molecular weight excluding hydrogens is 222 g/mol. The first kappa shape index (κ1) is 10.9. The lowest BCUT2D eigenvalue weighted by Gasteiger charge is -1.96. The van der Waals surface area contributed by atoms with Crippen molar-refractivity contribution >= 4 is 29.9 Å². The Bertz CT molecular complexity index is 423. The molecule has 0 aliphatic carbocycles. The molecule has 1 aromatic rings. The Morgan fingerprint density at radius 1 is 1.57 bits per heavy atom. The summed E-state index contributed by atoms with van der Waals surface area (Å²) in [6.45, 7) is 0. The van der Waals surface area contributed by atoms with Gasteiger partial charge in [0.05, 0.1) is 15.7 Å². The van der Waals surface area contributed by atoms with Crippen molar-refractivity contribution in [2.24, 2.45) is 0 Å². The van der Waals surface area contributed by atoms with Gasteiger partial charge in [-0.3, -0.25) is 10.1 Å². The second-order valence-corrected chi connectivity index (χ2v) is 3.07. The van der Waals surface area contributed by atoms with E-state index in [1.54, 1.807) is 6.07 Å². The lowest BCUT2D eigenvalue weighted by molar-refractivity contribution is -0.385. The summed E-state index contributed by atoms with van der Waals surface area (Å²) >= 11 is 9.66. The molecule has 0 N–H and O–H groups in total. The Hall–Kier alpha value is -1.18. The number of hydrogen-bond donors (Lipinski definition) is 1. The maximum absolute atomic E-state index is 10.6. The smallest absolute Gasteiger partial charge is 0.258 e. The van der Waals surface area contributed by atoms with E-state index in [4.69, 9.17) is 11.6 Å². The van der Waals surface area contributed by atoms with Gasteiger partial charge in [-0.05, 0) is 6.07 Å². The van der Waals surface area contributed by atoms with Crippen LogP contribution in [0.15, 0.2) is 18.2 Å². The molecular formula is C9H6ClNO2S. The second-order valence-electron chi connectivity index (χ2n) is 2.35. The standard InChI is InChI=1S/C9H6ClNO2S/c10-8-4-1-5-9(11(12)13)7(8)3-2-6-14/h1,4-5,14H,6H2. The fourth-order valence-electron chi connectivity index (χ4n) is 0.917. The number of hydrogen-bond acceptors (Lipinski definition) is 3. The summed E-state index contributed by atoms with van der Waals surface area (Å²) in [5.74, 6) is 5.57. The van der Waals surface area contributed by atoms with Gasteiger partial charge >= 0.3 is 0 Å². The van der Waals surface area contributed by atoms with Crippen LogP contribution in [0.2, 0.25) is 5.02 Å². The van der Waals surface area contributed by atoms with E-state index in [1.165, 1.54) is 12.1 Å². The van der Waals surface area contributed by atoms with E-state index in [0.29, 0.717) is 5.75 Å². The van der Waals surface area contributed by atoms with Gasteiger partial charge in [-0.2, -0.15) is 12.6 Å². The van der Waals surface area contributed by atoms with Crippen LogP contribution in [-0.2, 0) is 0 Å². The minimum absolute atomic E-state index is 0.0771. The molecule has 14 heavy (non-hydrogen) atoms. The number of nitro groups is 1. The van der Waals surface area contributed by atoms with Crippen molar-refractivity contribution in [2.75, 3.05) is 5.75 Å². The van der Waals surface area contributed by atoms with E-state index >= 15 is 0 Å². The average Bonchev–Trinajstić information content (AvgIpc) is 2.15. The molecule has 0 spiro atoms. The van der Waals surface area contributed by atoms with Crippen LogP contribution in [-0.4, -0.2) is 10.7 Å². The van der Waals surface area contributed by atoms with Gasteiger partial charge in [-0.15, -0.1) is 0 Å². The Kier molecular flexibility index (Phi) is 3.81. The number of thiol groups is 1. The molecule has 3 nitrogen and oxygen atoms in total. The molecule has 0 fully saturated rings. The zero-order valence-electron chi connectivity index (χ0n) is 7.03. The van der Waals surface area contributed by atoms with Crippen molar-refractivity contribution in [1.29, 1.82) is 0 Å². The molecule has 0 amide bonds. The highest BCUT2D eigenvalue weighted by atomic mass is 35.5. The Balaban J connectivity index is 3.29. The SMILES string of the molecule is O=[N+]([O-])c1cccc(Cl)c1C#CCS. The first-order chi connectivity index (χ1) is 6.66. The van der Waals surface area contributed by atoms with Crippen LogP contribution in [0.4, 0.5) is 5.69 Å². The molecule has 5 heteroatoms. The third-order valence-corrected chi connectivity index (χ3v) is 1.95. The largest absolute Gasteiger partial charge is 0.286 e. The van der Waals surface area contributed by atoms with Gasteiger partial charge in [-0.1, -0.05) is 29.5 Å². The minimum atomic E-state index is -0.506. The van der Waals surface area contributed by atoms with Crippen LogP contribution in [0.5, 0.6) is 0 Å². The van der Waals surface area contributed by atoms with E-state index in [1.807, 2.05) is 0 Å². The number of nitrogens with zero attached hydrogens (tertiary/aromatic N) is 1. The van der Waals surface area contributed by atoms with Crippen LogP contribution in [0.1, 0.15) is 5.56 Å². The molecule has 0 heterocycles. The van der Waals surface area contributed by atoms with Crippen LogP contribution < -0.4 is 0 Å². The van der Waals surface area contributed by atoms with Gasteiger partial charge in [0.2, 0.25) is 0 Å². The summed E-state index contributed by atoms with van der Waals surface area (Å²) in [6.07, 6.45) is 0. The summed E-state index contributed by atoms with van der Waals surface area (Å²) in [5.41, 5.74) is 0.167. The molecule has 0 saturated heterocycles. The van der Waals surface area contributed by atoms with E-state index in [9.17, 15) is 10.1 Å². The Morgan fingerprint density at radius 3 is 2.86 bits per heavy atom.